The van der Waals surface area contributed by atoms with E-state index in [4.69, 9.17) is 9.84 Å². The summed E-state index contributed by atoms with van der Waals surface area (Å²) >= 11 is 1.06. The number of hydrogen-bond donors (Lipinski definition) is 2. The molecule has 15 heavy (non-hydrogen) atoms. The Morgan fingerprint density at radius 3 is 2.40 bits per heavy atom. The quantitative estimate of drug-likeness (QED) is 0.532. The molecule has 0 aliphatic carbocycles. The zero-order valence-electron chi connectivity index (χ0n) is 8.99. The first-order valence-electron chi connectivity index (χ1n) is 4.64. The number of rotatable bonds is 2. The lowest BCUT2D eigenvalue weighted by Gasteiger charge is -2.27. The normalized spacial score (nSPS) is 26.3. The number of carboxylic acids is 1. The first-order chi connectivity index (χ1) is 6.78. The monoisotopic (exact) mass is 233 g/mol. The molecule has 1 aliphatic heterocycles. The summed E-state index contributed by atoms with van der Waals surface area (Å²) < 4.78 is 5.08. The molecule has 1 fully saturated rings. The van der Waals surface area contributed by atoms with Gasteiger partial charge in [-0.3, -0.25) is 5.32 Å². The Balaban J connectivity index is 2.82. The van der Waals surface area contributed by atoms with Crippen molar-refractivity contribution in [2.24, 2.45) is 0 Å². The predicted molar refractivity (Wildman–Crippen MR) is 56.7 cm³/mol. The van der Waals surface area contributed by atoms with Gasteiger partial charge >= 0.3 is 11.9 Å². The highest BCUT2D eigenvalue weighted by molar-refractivity contribution is 8.02. The molecule has 0 aromatic carbocycles. The summed E-state index contributed by atoms with van der Waals surface area (Å²) in [6.45, 7) is 5.62. The van der Waals surface area contributed by atoms with Crippen LogP contribution in [-0.2, 0) is 14.3 Å². The number of thioether (sulfide) groups is 1. The third kappa shape index (κ3) is 2.63. The predicted octanol–water partition coefficient (Wildman–Crippen LogP) is 0.445. The minimum Gasteiger partial charge on any atom is -0.479 e. The molecule has 1 aliphatic rings. The minimum absolute atomic E-state index is 0.496. The number of hydrogen-bond acceptors (Lipinski definition) is 5. The summed E-state index contributed by atoms with van der Waals surface area (Å²) in [5.74, 6) is -1.34. The van der Waals surface area contributed by atoms with Gasteiger partial charge in [-0.15, -0.1) is 11.8 Å². The van der Waals surface area contributed by atoms with Gasteiger partial charge in [0.2, 0.25) is 0 Å². The van der Waals surface area contributed by atoms with E-state index in [9.17, 15) is 9.59 Å². The molecule has 0 amide bonds. The third-order valence-electron chi connectivity index (χ3n) is 1.78. The summed E-state index contributed by atoms with van der Waals surface area (Å²) in [7, 11) is 0. The molecule has 0 spiro atoms. The van der Waals surface area contributed by atoms with E-state index in [0.29, 0.717) is 12.3 Å². The molecule has 6 heteroatoms. The molecular formula is C9H15NO4S. The number of carbonyl (C=O) groups excluding carboxylic acids is 1. The van der Waals surface area contributed by atoms with Crippen molar-refractivity contribution in [1.29, 1.82) is 0 Å². The van der Waals surface area contributed by atoms with E-state index in [1.165, 1.54) is 0 Å². The molecule has 1 heterocycles. The number of carbonyl (C=O) groups is 2. The Kier molecular flexibility index (Phi) is 3.30. The van der Waals surface area contributed by atoms with Crippen molar-refractivity contribution in [3.63, 3.8) is 0 Å². The average Bonchev–Trinajstić information content (AvgIpc) is 2.48. The van der Waals surface area contributed by atoms with Crippen LogP contribution >= 0.6 is 11.8 Å². The van der Waals surface area contributed by atoms with Crippen LogP contribution in [0.3, 0.4) is 0 Å². The standard InChI is InChI=1S/C9H15NO4S/c1-8(2,3)14-7(13)9(6(11)12)10-4-5-15-9/h10H,4-5H2,1-3H3,(H,11,12)/t9-/m0/s1. The molecule has 0 aromatic heterocycles. The van der Waals surface area contributed by atoms with Crippen molar-refractivity contribution in [3.8, 4) is 0 Å². The van der Waals surface area contributed by atoms with E-state index in [1.54, 1.807) is 20.8 Å². The highest BCUT2D eigenvalue weighted by atomic mass is 32.2. The second kappa shape index (κ2) is 4.02. The zero-order valence-corrected chi connectivity index (χ0v) is 9.81. The summed E-state index contributed by atoms with van der Waals surface area (Å²) in [5, 5.41) is 11.7. The smallest absolute Gasteiger partial charge is 0.349 e. The Hall–Kier alpha value is -0.750. The van der Waals surface area contributed by atoms with Gasteiger partial charge in [-0.05, 0) is 20.8 Å². The van der Waals surface area contributed by atoms with Crippen LogP contribution in [0.2, 0.25) is 0 Å². The SMILES string of the molecule is CC(C)(C)OC(=O)[C@@]1(C(=O)O)NCCS1. The average molecular weight is 233 g/mol. The van der Waals surface area contributed by atoms with E-state index in [-0.39, 0.29) is 0 Å². The maximum Gasteiger partial charge on any atom is 0.349 e. The first-order valence-corrected chi connectivity index (χ1v) is 5.62. The van der Waals surface area contributed by atoms with Gasteiger partial charge in [0, 0.05) is 12.3 Å². The van der Waals surface area contributed by atoms with Gasteiger partial charge in [-0.2, -0.15) is 0 Å². The largest absolute Gasteiger partial charge is 0.479 e. The Labute approximate surface area is 92.6 Å². The molecule has 1 atom stereocenters. The number of ether oxygens (including phenoxy) is 1. The lowest BCUT2D eigenvalue weighted by molar-refractivity contribution is -0.165. The molecule has 0 saturated carbocycles. The molecule has 0 radical (unpaired) electrons. The van der Waals surface area contributed by atoms with E-state index in [2.05, 4.69) is 5.32 Å². The van der Waals surface area contributed by atoms with Crippen molar-refractivity contribution < 1.29 is 19.4 Å². The van der Waals surface area contributed by atoms with Crippen molar-refractivity contribution >= 4 is 23.7 Å². The van der Waals surface area contributed by atoms with E-state index < -0.39 is 22.4 Å². The lowest BCUT2D eigenvalue weighted by atomic mass is 10.2. The van der Waals surface area contributed by atoms with Crippen LogP contribution in [0, 0.1) is 0 Å². The van der Waals surface area contributed by atoms with E-state index >= 15 is 0 Å². The second-order valence-corrected chi connectivity index (χ2v) is 5.57. The molecule has 86 valence electrons. The van der Waals surface area contributed by atoms with E-state index in [0.717, 1.165) is 11.8 Å². The van der Waals surface area contributed by atoms with Crippen LogP contribution in [0.4, 0.5) is 0 Å². The zero-order chi connectivity index (χ0) is 11.7. The van der Waals surface area contributed by atoms with Gasteiger partial charge in [0.25, 0.3) is 4.87 Å². The topological polar surface area (TPSA) is 75.6 Å². The van der Waals surface area contributed by atoms with Gasteiger partial charge in [-0.1, -0.05) is 0 Å². The Morgan fingerprint density at radius 2 is 2.07 bits per heavy atom. The summed E-state index contributed by atoms with van der Waals surface area (Å²) in [6.07, 6.45) is 0. The summed E-state index contributed by atoms with van der Waals surface area (Å²) in [4.78, 5) is 21.2. The Bertz CT molecular complexity index is 278. The van der Waals surface area contributed by atoms with Gasteiger partial charge in [0.1, 0.15) is 5.60 Å². The number of carboxylic acid groups (broad SMARTS) is 1. The number of esters is 1. The van der Waals surface area contributed by atoms with Gasteiger partial charge in [0.05, 0.1) is 0 Å². The van der Waals surface area contributed by atoms with Crippen LogP contribution in [-0.4, -0.2) is 39.8 Å². The first kappa shape index (κ1) is 12.3. The molecule has 1 rings (SSSR count). The number of aliphatic carboxylic acids is 1. The maximum absolute atomic E-state index is 11.7. The summed E-state index contributed by atoms with van der Waals surface area (Å²) in [6, 6.07) is 0. The minimum atomic E-state index is -1.62. The fourth-order valence-corrected chi connectivity index (χ4v) is 2.19. The molecule has 0 unspecified atom stereocenters. The lowest BCUT2D eigenvalue weighted by Crippen LogP contribution is -2.54. The van der Waals surface area contributed by atoms with E-state index in [1.807, 2.05) is 0 Å². The molecule has 0 bridgehead atoms. The maximum atomic E-state index is 11.7. The van der Waals surface area contributed by atoms with Gasteiger partial charge in [-0.25, -0.2) is 9.59 Å². The Morgan fingerprint density at radius 1 is 1.47 bits per heavy atom. The van der Waals surface area contributed by atoms with Crippen LogP contribution in [0.15, 0.2) is 0 Å². The molecule has 0 aromatic rings. The molecule has 5 nitrogen and oxygen atoms in total. The van der Waals surface area contributed by atoms with Crippen molar-refractivity contribution in [2.75, 3.05) is 12.3 Å². The summed E-state index contributed by atoms with van der Waals surface area (Å²) in [5.41, 5.74) is -0.676. The highest BCUT2D eigenvalue weighted by Crippen LogP contribution is 2.30. The van der Waals surface area contributed by atoms with Crippen LogP contribution < -0.4 is 5.32 Å². The third-order valence-corrected chi connectivity index (χ3v) is 3.11. The highest BCUT2D eigenvalue weighted by Gasteiger charge is 2.52. The fraction of sp³-hybridized carbons (Fsp3) is 0.778. The molecular weight excluding hydrogens is 218 g/mol. The van der Waals surface area contributed by atoms with Gasteiger partial charge < -0.3 is 9.84 Å². The fourth-order valence-electron chi connectivity index (χ4n) is 1.19. The van der Waals surface area contributed by atoms with Crippen molar-refractivity contribution in [1.82, 2.24) is 5.32 Å². The number of nitrogens with one attached hydrogen (secondary N) is 1. The van der Waals surface area contributed by atoms with Crippen LogP contribution in [0.1, 0.15) is 20.8 Å². The van der Waals surface area contributed by atoms with Crippen molar-refractivity contribution in [2.45, 2.75) is 31.2 Å². The second-order valence-electron chi connectivity index (χ2n) is 4.26. The van der Waals surface area contributed by atoms with Crippen LogP contribution in [0.25, 0.3) is 0 Å². The van der Waals surface area contributed by atoms with Crippen LogP contribution in [0.5, 0.6) is 0 Å². The van der Waals surface area contributed by atoms with Gasteiger partial charge in [0.15, 0.2) is 0 Å². The molecule has 2 N–H and O–H groups in total. The van der Waals surface area contributed by atoms with Crippen molar-refractivity contribution in [3.05, 3.63) is 0 Å². The molecule has 1 saturated heterocycles.